The highest BCUT2D eigenvalue weighted by Crippen LogP contribution is 2.25. The highest BCUT2D eigenvalue weighted by molar-refractivity contribution is 6.33. The van der Waals surface area contributed by atoms with Gasteiger partial charge in [0.2, 0.25) is 5.56 Å². The molecule has 0 bridgehead atoms. The zero-order valence-corrected chi connectivity index (χ0v) is 9.01. The maximum Gasteiger partial charge on any atom is 0.248 e. The van der Waals surface area contributed by atoms with Crippen LogP contribution >= 0.6 is 11.6 Å². The number of aromatic nitrogens is 1. The first kappa shape index (κ1) is 9.99. The van der Waals surface area contributed by atoms with Crippen LogP contribution in [0.15, 0.2) is 41.2 Å². The van der Waals surface area contributed by atoms with E-state index in [2.05, 4.69) is 4.98 Å². The molecule has 0 aliphatic carbocycles. The lowest BCUT2D eigenvalue weighted by Crippen LogP contribution is -2.05. The van der Waals surface area contributed by atoms with E-state index >= 15 is 0 Å². The Labute approximate surface area is 92.5 Å². The zero-order valence-electron chi connectivity index (χ0n) is 8.25. The smallest absolute Gasteiger partial charge is 0.248 e. The average Bonchev–Trinajstić information content (AvgIpc) is 2.16. The molecule has 1 aromatic heterocycles. The van der Waals surface area contributed by atoms with Gasteiger partial charge in [-0.25, -0.2) is 0 Å². The van der Waals surface area contributed by atoms with Gasteiger partial charge in [-0.05, 0) is 24.6 Å². The van der Waals surface area contributed by atoms with Gasteiger partial charge >= 0.3 is 0 Å². The molecule has 2 rings (SSSR count). The highest BCUT2D eigenvalue weighted by atomic mass is 35.5. The Balaban J connectivity index is 2.64. The summed E-state index contributed by atoms with van der Waals surface area (Å²) in [6, 6.07) is 10.9. The maximum absolute atomic E-state index is 11.3. The van der Waals surface area contributed by atoms with Gasteiger partial charge in [0.05, 0.1) is 5.69 Å². The molecule has 2 nitrogen and oxygen atoms in total. The molecule has 1 N–H and O–H groups in total. The first-order chi connectivity index (χ1) is 7.16. The van der Waals surface area contributed by atoms with Crippen LogP contribution in [0.2, 0.25) is 5.02 Å². The SMILES string of the molecule is Cc1cc(-c2ccccc2Cl)[nH]c(=O)c1. The van der Waals surface area contributed by atoms with Crippen molar-refractivity contribution in [2.45, 2.75) is 6.92 Å². The lowest BCUT2D eigenvalue weighted by Gasteiger charge is -2.04. The van der Waals surface area contributed by atoms with Gasteiger partial charge in [0.15, 0.2) is 0 Å². The zero-order chi connectivity index (χ0) is 10.8. The third-order valence-electron chi connectivity index (χ3n) is 2.15. The molecule has 1 heterocycles. The minimum Gasteiger partial charge on any atom is -0.322 e. The third-order valence-corrected chi connectivity index (χ3v) is 2.48. The van der Waals surface area contributed by atoms with E-state index in [9.17, 15) is 4.79 Å². The van der Waals surface area contributed by atoms with E-state index in [0.717, 1.165) is 16.8 Å². The summed E-state index contributed by atoms with van der Waals surface area (Å²) in [6.45, 7) is 1.88. The van der Waals surface area contributed by atoms with E-state index in [1.807, 2.05) is 31.2 Å². The maximum atomic E-state index is 11.3. The second kappa shape index (κ2) is 3.91. The van der Waals surface area contributed by atoms with Gasteiger partial charge in [0, 0.05) is 16.7 Å². The summed E-state index contributed by atoms with van der Waals surface area (Å²) < 4.78 is 0. The topological polar surface area (TPSA) is 32.9 Å². The van der Waals surface area contributed by atoms with E-state index in [4.69, 9.17) is 11.6 Å². The van der Waals surface area contributed by atoms with Gasteiger partial charge in [-0.15, -0.1) is 0 Å². The van der Waals surface area contributed by atoms with E-state index in [-0.39, 0.29) is 5.56 Å². The third kappa shape index (κ3) is 2.10. The second-order valence-electron chi connectivity index (χ2n) is 3.42. The van der Waals surface area contributed by atoms with Gasteiger partial charge in [0.1, 0.15) is 0 Å². The molecule has 0 aliphatic heterocycles. The fraction of sp³-hybridized carbons (Fsp3) is 0.0833. The van der Waals surface area contributed by atoms with Crippen molar-refractivity contribution in [3.8, 4) is 11.3 Å². The largest absolute Gasteiger partial charge is 0.322 e. The molecule has 0 radical (unpaired) electrons. The standard InChI is InChI=1S/C12H10ClNO/c1-8-6-11(14-12(15)7-8)9-4-2-3-5-10(9)13/h2-7H,1H3,(H,14,15). The van der Waals surface area contributed by atoms with Crippen LogP contribution in [0.5, 0.6) is 0 Å². The Morgan fingerprint density at radius 3 is 2.60 bits per heavy atom. The van der Waals surface area contributed by atoms with Gasteiger partial charge in [-0.3, -0.25) is 4.79 Å². The summed E-state index contributed by atoms with van der Waals surface area (Å²) in [6.07, 6.45) is 0. The van der Waals surface area contributed by atoms with Crippen LogP contribution in [0.3, 0.4) is 0 Å². The molecule has 0 fully saturated rings. The minimum atomic E-state index is -0.107. The Morgan fingerprint density at radius 2 is 1.93 bits per heavy atom. The van der Waals surface area contributed by atoms with Crippen molar-refractivity contribution in [1.29, 1.82) is 0 Å². The fourth-order valence-corrected chi connectivity index (χ4v) is 1.74. The summed E-state index contributed by atoms with van der Waals surface area (Å²) >= 11 is 6.04. The Hall–Kier alpha value is -1.54. The van der Waals surface area contributed by atoms with Crippen molar-refractivity contribution in [3.63, 3.8) is 0 Å². The number of rotatable bonds is 1. The number of nitrogens with one attached hydrogen (secondary N) is 1. The number of hydrogen-bond acceptors (Lipinski definition) is 1. The van der Waals surface area contributed by atoms with Crippen molar-refractivity contribution in [1.82, 2.24) is 4.98 Å². The van der Waals surface area contributed by atoms with Crippen LogP contribution in [0.4, 0.5) is 0 Å². The molecular formula is C12H10ClNO. The van der Waals surface area contributed by atoms with E-state index in [1.54, 1.807) is 12.1 Å². The summed E-state index contributed by atoms with van der Waals surface area (Å²) in [5, 5.41) is 0.638. The monoisotopic (exact) mass is 219 g/mol. The summed E-state index contributed by atoms with van der Waals surface area (Å²) in [5.41, 5.74) is 2.42. The first-order valence-electron chi connectivity index (χ1n) is 4.63. The van der Waals surface area contributed by atoms with E-state index < -0.39 is 0 Å². The minimum absolute atomic E-state index is 0.107. The molecular weight excluding hydrogens is 210 g/mol. The Morgan fingerprint density at radius 1 is 1.20 bits per heavy atom. The highest BCUT2D eigenvalue weighted by Gasteiger charge is 2.03. The van der Waals surface area contributed by atoms with Gasteiger partial charge in [0.25, 0.3) is 0 Å². The van der Waals surface area contributed by atoms with Crippen LogP contribution < -0.4 is 5.56 Å². The van der Waals surface area contributed by atoms with Crippen molar-refractivity contribution >= 4 is 11.6 Å². The summed E-state index contributed by atoms with van der Waals surface area (Å²) in [4.78, 5) is 14.1. The molecule has 0 atom stereocenters. The van der Waals surface area contributed by atoms with Crippen molar-refractivity contribution in [2.75, 3.05) is 0 Å². The van der Waals surface area contributed by atoms with Gasteiger partial charge in [-0.1, -0.05) is 29.8 Å². The molecule has 0 aliphatic rings. The average molecular weight is 220 g/mol. The number of H-pyrrole nitrogens is 1. The number of pyridine rings is 1. The van der Waals surface area contributed by atoms with Crippen molar-refractivity contribution in [2.24, 2.45) is 0 Å². The molecule has 0 amide bonds. The second-order valence-corrected chi connectivity index (χ2v) is 3.82. The van der Waals surface area contributed by atoms with E-state index in [0.29, 0.717) is 5.02 Å². The van der Waals surface area contributed by atoms with Crippen LogP contribution in [0.25, 0.3) is 11.3 Å². The van der Waals surface area contributed by atoms with Crippen molar-refractivity contribution in [3.05, 3.63) is 57.3 Å². The molecule has 0 unspecified atom stereocenters. The predicted octanol–water partition coefficient (Wildman–Crippen LogP) is 3.00. The molecule has 3 heteroatoms. The quantitative estimate of drug-likeness (QED) is 0.786. The molecule has 76 valence electrons. The van der Waals surface area contributed by atoms with Crippen LogP contribution in [-0.2, 0) is 0 Å². The molecule has 0 spiro atoms. The number of aryl methyl sites for hydroxylation is 1. The molecule has 1 aromatic carbocycles. The van der Waals surface area contributed by atoms with Crippen LogP contribution in [-0.4, -0.2) is 4.98 Å². The van der Waals surface area contributed by atoms with Gasteiger partial charge in [-0.2, -0.15) is 0 Å². The number of halogens is 1. The van der Waals surface area contributed by atoms with Crippen LogP contribution in [0.1, 0.15) is 5.56 Å². The van der Waals surface area contributed by atoms with E-state index in [1.165, 1.54) is 0 Å². The fourth-order valence-electron chi connectivity index (χ4n) is 1.51. The first-order valence-corrected chi connectivity index (χ1v) is 5.00. The number of aromatic amines is 1. The van der Waals surface area contributed by atoms with Gasteiger partial charge < -0.3 is 4.98 Å². The lowest BCUT2D eigenvalue weighted by atomic mass is 10.1. The summed E-state index contributed by atoms with van der Waals surface area (Å²) in [5.74, 6) is 0. The molecule has 0 saturated heterocycles. The van der Waals surface area contributed by atoms with Crippen LogP contribution in [0, 0.1) is 6.92 Å². The Bertz CT molecular complexity index is 545. The molecule has 15 heavy (non-hydrogen) atoms. The summed E-state index contributed by atoms with van der Waals surface area (Å²) in [7, 11) is 0. The lowest BCUT2D eigenvalue weighted by molar-refractivity contribution is 1.21. The molecule has 2 aromatic rings. The number of benzene rings is 1. The Kier molecular flexibility index (Phi) is 2.60. The predicted molar refractivity (Wildman–Crippen MR) is 62.2 cm³/mol. The normalized spacial score (nSPS) is 10.3. The molecule has 0 saturated carbocycles. The number of hydrogen-bond donors (Lipinski definition) is 1. The van der Waals surface area contributed by atoms with Crippen molar-refractivity contribution < 1.29 is 0 Å².